The molecule has 1 aromatic carbocycles. The molecule has 0 aliphatic carbocycles. The number of thiol groups is 1. The van der Waals surface area contributed by atoms with Gasteiger partial charge in [-0.3, -0.25) is 4.98 Å². The highest BCUT2D eigenvalue weighted by Crippen LogP contribution is 2.18. The van der Waals surface area contributed by atoms with Gasteiger partial charge in [-0.05, 0) is 18.2 Å². The first-order chi connectivity index (χ1) is 11.5. The van der Waals surface area contributed by atoms with E-state index in [1.807, 2.05) is 0 Å². The summed E-state index contributed by atoms with van der Waals surface area (Å²) in [6.45, 7) is 0. The Kier molecular flexibility index (Phi) is 3.13. The summed E-state index contributed by atoms with van der Waals surface area (Å²) in [5, 5.41) is 7.43. The van der Waals surface area contributed by atoms with Crippen molar-refractivity contribution in [3.63, 3.8) is 0 Å². The van der Waals surface area contributed by atoms with Crippen LogP contribution in [-0.2, 0) is 0 Å². The molecule has 0 saturated carbocycles. The molecule has 0 spiro atoms. The summed E-state index contributed by atoms with van der Waals surface area (Å²) < 4.78 is 16.5. The highest BCUT2D eigenvalue weighted by Gasteiger charge is 2.10. The molecule has 10 heteroatoms. The lowest BCUT2D eigenvalue weighted by atomic mass is 10.2. The van der Waals surface area contributed by atoms with E-state index in [0.29, 0.717) is 26.3 Å². The number of hydrogen-bond acceptors (Lipinski definition) is 5. The van der Waals surface area contributed by atoms with Gasteiger partial charge in [0.25, 0.3) is 0 Å². The molecule has 4 aromatic rings. The molecule has 0 atom stereocenters. The maximum atomic E-state index is 13.3. The van der Waals surface area contributed by atoms with Crippen LogP contribution >= 0.6 is 12.8 Å². The fourth-order valence-corrected chi connectivity index (χ4v) is 2.49. The number of rotatable bonds is 2. The van der Waals surface area contributed by atoms with Crippen LogP contribution in [0.25, 0.3) is 22.3 Å². The molecule has 0 amide bonds. The zero-order chi connectivity index (χ0) is 16.8. The predicted octanol–water partition coefficient (Wildman–Crippen LogP) is 0.893. The molecule has 3 heterocycles. The third-order valence-corrected chi connectivity index (χ3v) is 3.83. The van der Waals surface area contributed by atoms with E-state index in [0.717, 1.165) is 10.9 Å². The molecule has 120 valence electrons. The lowest BCUT2D eigenvalue weighted by Gasteiger charge is -1.99. The number of aromatic nitrogens is 6. The van der Waals surface area contributed by atoms with Crippen molar-refractivity contribution < 1.29 is 4.39 Å². The Morgan fingerprint density at radius 3 is 2.67 bits per heavy atom. The Labute approximate surface area is 138 Å². The van der Waals surface area contributed by atoms with E-state index < -0.39 is 17.2 Å². The third-order valence-electron chi connectivity index (χ3n) is 3.47. The largest absolute Gasteiger partial charge is 0.361 e. The van der Waals surface area contributed by atoms with Gasteiger partial charge in [-0.1, -0.05) is 12.8 Å². The van der Waals surface area contributed by atoms with Crippen molar-refractivity contribution in [1.29, 1.82) is 0 Å². The number of benzene rings is 1. The highest BCUT2D eigenvalue weighted by atomic mass is 32.1. The molecule has 4 rings (SSSR count). The first-order valence-corrected chi connectivity index (χ1v) is 7.17. The number of pyridine rings is 1. The topological polar surface area (TPSA) is 90.5 Å². The van der Waals surface area contributed by atoms with Crippen molar-refractivity contribution in [3.05, 3.63) is 69.6 Å². The second-order valence-corrected chi connectivity index (χ2v) is 5.42. The van der Waals surface area contributed by atoms with Gasteiger partial charge in [0.1, 0.15) is 5.82 Å². The van der Waals surface area contributed by atoms with Gasteiger partial charge in [-0.2, -0.15) is 9.07 Å². The number of halogens is 1. The minimum absolute atomic E-state index is 0.453. The van der Waals surface area contributed by atoms with Gasteiger partial charge in [0.15, 0.2) is 0 Å². The summed E-state index contributed by atoms with van der Waals surface area (Å²) in [7, 11) is 0. The maximum Gasteiger partial charge on any atom is 0.361 e. The smallest absolute Gasteiger partial charge is 0.259 e. The van der Waals surface area contributed by atoms with Crippen LogP contribution < -0.4 is 11.4 Å². The summed E-state index contributed by atoms with van der Waals surface area (Å²) in [6.07, 6.45) is 4.27. The zero-order valence-electron chi connectivity index (χ0n) is 11.9. The van der Waals surface area contributed by atoms with E-state index in [1.165, 1.54) is 16.9 Å². The summed E-state index contributed by atoms with van der Waals surface area (Å²) >= 11 is 3.80. The quantitative estimate of drug-likeness (QED) is 0.529. The average Bonchev–Trinajstić information content (AvgIpc) is 3.11. The molecule has 0 aliphatic rings. The first-order valence-electron chi connectivity index (χ1n) is 6.77. The standard InChI is InChI=1S/C14H9FN6O2S/c15-9-4-11(6-16-5-9)19-7-8-3-10(1-2-12(8)17-19)20-14(23)21(24)13(22)18-20/h1-7,24H,(H,18,22). The molecular weight excluding hydrogens is 335 g/mol. The first kappa shape index (κ1) is 14.5. The van der Waals surface area contributed by atoms with E-state index in [9.17, 15) is 14.0 Å². The summed E-state index contributed by atoms with van der Waals surface area (Å²) in [6, 6.07) is 6.31. The van der Waals surface area contributed by atoms with E-state index >= 15 is 0 Å². The van der Waals surface area contributed by atoms with Crippen molar-refractivity contribution in [2.45, 2.75) is 0 Å². The second-order valence-electron chi connectivity index (χ2n) is 5.02. The lowest BCUT2D eigenvalue weighted by Crippen LogP contribution is -2.21. The predicted molar refractivity (Wildman–Crippen MR) is 87.4 cm³/mol. The van der Waals surface area contributed by atoms with Crippen molar-refractivity contribution in [2.24, 2.45) is 0 Å². The minimum atomic E-state index is -0.634. The fraction of sp³-hybridized carbons (Fsp3) is 0. The Balaban J connectivity index is 1.86. The Hall–Kier alpha value is -3.14. The van der Waals surface area contributed by atoms with E-state index in [1.54, 1.807) is 24.4 Å². The minimum Gasteiger partial charge on any atom is -0.259 e. The summed E-state index contributed by atoms with van der Waals surface area (Å²) in [5.74, 6) is -0.466. The maximum absolute atomic E-state index is 13.3. The number of nitrogens with zero attached hydrogens (tertiary/aromatic N) is 5. The molecule has 0 fully saturated rings. The fourth-order valence-electron chi connectivity index (χ4n) is 2.36. The van der Waals surface area contributed by atoms with E-state index in [2.05, 4.69) is 28.0 Å². The zero-order valence-corrected chi connectivity index (χ0v) is 12.8. The third kappa shape index (κ3) is 2.24. The van der Waals surface area contributed by atoms with Crippen LogP contribution in [0.5, 0.6) is 0 Å². The summed E-state index contributed by atoms with van der Waals surface area (Å²) in [4.78, 5) is 27.2. The van der Waals surface area contributed by atoms with Gasteiger partial charge in [0.05, 0.1) is 29.3 Å². The van der Waals surface area contributed by atoms with Gasteiger partial charge < -0.3 is 0 Å². The van der Waals surface area contributed by atoms with Gasteiger partial charge in [-0.15, -0.1) is 0 Å². The van der Waals surface area contributed by atoms with Gasteiger partial charge in [0.2, 0.25) is 0 Å². The van der Waals surface area contributed by atoms with E-state index in [-0.39, 0.29) is 0 Å². The lowest BCUT2D eigenvalue weighted by molar-refractivity contribution is 0.618. The molecule has 0 unspecified atom stereocenters. The van der Waals surface area contributed by atoms with E-state index in [4.69, 9.17) is 0 Å². The molecular formula is C14H9FN6O2S. The number of H-pyrrole nitrogens is 1. The van der Waals surface area contributed by atoms with Gasteiger partial charge in [-0.25, -0.2) is 28.4 Å². The Bertz CT molecular complexity index is 1190. The van der Waals surface area contributed by atoms with Crippen molar-refractivity contribution in [3.8, 4) is 11.4 Å². The number of fused-ring (bicyclic) bond motifs is 1. The molecule has 3 aromatic heterocycles. The van der Waals surface area contributed by atoms with Crippen LogP contribution in [0.15, 0.2) is 52.4 Å². The molecule has 0 saturated heterocycles. The van der Waals surface area contributed by atoms with Crippen LogP contribution in [0.1, 0.15) is 0 Å². The second kappa shape index (κ2) is 5.20. The highest BCUT2D eigenvalue weighted by molar-refractivity contribution is 7.78. The molecule has 24 heavy (non-hydrogen) atoms. The number of aromatic amines is 1. The number of hydrogen-bond donors (Lipinski definition) is 2. The molecule has 0 aliphatic heterocycles. The van der Waals surface area contributed by atoms with Crippen LogP contribution in [0.4, 0.5) is 4.39 Å². The van der Waals surface area contributed by atoms with Crippen LogP contribution in [-0.4, -0.2) is 28.5 Å². The average molecular weight is 344 g/mol. The summed E-state index contributed by atoms with van der Waals surface area (Å²) in [5.41, 5.74) is 0.326. The van der Waals surface area contributed by atoms with Gasteiger partial charge in [0, 0.05) is 17.6 Å². The Morgan fingerprint density at radius 2 is 1.96 bits per heavy atom. The van der Waals surface area contributed by atoms with Crippen LogP contribution in [0.2, 0.25) is 0 Å². The van der Waals surface area contributed by atoms with Crippen molar-refractivity contribution >= 4 is 23.7 Å². The van der Waals surface area contributed by atoms with Crippen molar-refractivity contribution in [1.82, 2.24) is 28.5 Å². The number of nitrogens with one attached hydrogen (secondary N) is 1. The molecule has 0 bridgehead atoms. The van der Waals surface area contributed by atoms with Crippen LogP contribution in [0.3, 0.4) is 0 Å². The molecule has 0 radical (unpaired) electrons. The molecule has 8 nitrogen and oxygen atoms in total. The van der Waals surface area contributed by atoms with Gasteiger partial charge >= 0.3 is 11.4 Å². The monoisotopic (exact) mass is 344 g/mol. The van der Waals surface area contributed by atoms with Crippen LogP contribution in [0, 0.1) is 5.82 Å². The SMILES string of the molecule is O=c1[nH]n(-c2ccc3nn(-c4cncc(F)c4)cc3c2)c(=O)n1S. The molecule has 1 N–H and O–H groups in total. The Morgan fingerprint density at radius 1 is 1.12 bits per heavy atom. The van der Waals surface area contributed by atoms with Crippen molar-refractivity contribution in [2.75, 3.05) is 0 Å². The normalized spacial score (nSPS) is 11.2.